The second kappa shape index (κ2) is 6.71. The van der Waals surface area contributed by atoms with Crippen LogP contribution in [0.25, 0.3) is 0 Å². The van der Waals surface area contributed by atoms with Gasteiger partial charge in [0.05, 0.1) is 6.61 Å². The fourth-order valence-electron chi connectivity index (χ4n) is 1.48. The molecule has 0 aliphatic heterocycles. The van der Waals surface area contributed by atoms with Crippen molar-refractivity contribution in [3.8, 4) is 5.75 Å². The van der Waals surface area contributed by atoms with Crippen LogP contribution in [0.15, 0.2) is 6.20 Å². The van der Waals surface area contributed by atoms with E-state index in [1.165, 1.54) is 6.92 Å². The molecule has 0 N–H and O–H groups in total. The summed E-state index contributed by atoms with van der Waals surface area (Å²) in [6.45, 7) is 1.11. The summed E-state index contributed by atoms with van der Waals surface area (Å²) in [6, 6.07) is 0. The Kier molecular flexibility index (Phi) is 5.65. The van der Waals surface area contributed by atoms with Crippen LogP contribution in [0.5, 0.6) is 5.75 Å². The van der Waals surface area contributed by atoms with Crippen LogP contribution in [0, 0.1) is 0 Å². The van der Waals surface area contributed by atoms with Crippen LogP contribution in [0.3, 0.4) is 0 Å². The van der Waals surface area contributed by atoms with Gasteiger partial charge in [-0.2, -0.15) is 13.2 Å². The second-order valence-electron chi connectivity index (χ2n) is 3.74. The van der Waals surface area contributed by atoms with E-state index in [-0.39, 0.29) is 17.5 Å². The normalized spacial score (nSPS) is 12.2. The third-order valence-electron chi connectivity index (χ3n) is 2.22. The number of alkyl halides is 7. The largest absolute Gasteiger partial charge is 0.573 e. The van der Waals surface area contributed by atoms with Gasteiger partial charge in [0.25, 0.3) is 0 Å². The molecule has 0 saturated carbocycles. The Hall–Kier alpha value is -1.52. The van der Waals surface area contributed by atoms with Gasteiger partial charge in [-0.3, -0.25) is 0 Å². The van der Waals surface area contributed by atoms with E-state index in [0.29, 0.717) is 6.20 Å². The number of halogens is 7. The fraction of sp³-hybridized carbons (Fsp3) is 0.455. The summed E-state index contributed by atoms with van der Waals surface area (Å²) in [5, 5.41) is -0.222. The molecule has 0 atom stereocenters. The van der Waals surface area contributed by atoms with Crippen LogP contribution in [0.2, 0.25) is 0 Å². The van der Waals surface area contributed by atoms with Crippen molar-refractivity contribution in [2.24, 2.45) is 0 Å². The number of carbonyl (C=O) groups is 1. The molecule has 0 spiro atoms. The summed E-state index contributed by atoms with van der Waals surface area (Å²) >= 11 is 2.85. The van der Waals surface area contributed by atoms with E-state index in [2.05, 4.69) is 30.4 Å². The monoisotopic (exact) mass is 395 g/mol. The SMILES string of the molecule is CCOC(=O)c1c(CBr)cnc(C(F)(F)F)c1OC(F)(F)F. The first-order chi connectivity index (χ1) is 10.0. The number of pyridine rings is 1. The molecular weight excluding hydrogens is 388 g/mol. The van der Waals surface area contributed by atoms with Crippen LogP contribution in [0.1, 0.15) is 28.5 Å². The summed E-state index contributed by atoms with van der Waals surface area (Å²) in [4.78, 5) is 14.6. The zero-order valence-corrected chi connectivity index (χ0v) is 12.4. The van der Waals surface area contributed by atoms with Crippen molar-refractivity contribution in [3.63, 3.8) is 0 Å². The van der Waals surface area contributed by atoms with Crippen LogP contribution in [-0.4, -0.2) is 23.9 Å². The number of esters is 1. The summed E-state index contributed by atoms with van der Waals surface area (Å²) in [6.07, 6.45) is -10.0. The molecule has 1 rings (SSSR count). The van der Waals surface area contributed by atoms with Gasteiger partial charge >= 0.3 is 18.5 Å². The smallest absolute Gasteiger partial charge is 0.462 e. The Morgan fingerprint density at radius 3 is 2.27 bits per heavy atom. The van der Waals surface area contributed by atoms with Gasteiger partial charge in [-0.05, 0) is 12.5 Å². The highest BCUT2D eigenvalue weighted by Crippen LogP contribution is 2.40. The van der Waals surface area contributed by atoms with E-state index in [1.807, 2.05) is 0 Å². The predicted octanol–water partition coefficient (Wildman–Crippen LogP) is 4.07. The van der Waals surface area contributed by atoms with E-state index in [4.69, 9.17) is 0 Å². The lowest BCUT2D eigenvalue weighted by Crippen LogP contribution is -2.24. The Balaban J connectivity index is 3.63. The van der Waals surface area contributed by atoms with Gasteiger partial charge in [0, 0.05) is 11.5 Å². The number of ether oxygens (including phenoxy) is 2. The lowest BCUT2D eigenvalue weighted by Gasteiger charge is -2.18. The summed E-state index contributed by atoms with van der Waals surface area (Å²) in [7, 11) is 0. The fourth-order valence-corrected chi connectivity index (χ4v) is 1.90. The zero-order valence-electron chi connectivity index (χ0n) is 10.8. The summed E-state index contributed by atoms with van der Waals surface area (Å²) in [5.74, 6) is -3.10. The van der Waals surface area contributed by atoms with Gasteiger partial charge in [-0.15, -0.1) is 13.2 Å². The standard InChI is InChI=1S/C11H8BrF6NO3/c1-2-21-9(20)6-5(3-12)4-19-8(10(13,14)15)7(6)22-11(16,17)18/h4H,2-3H2,1H3. The number of aromatic nitrogens is 1. The quantitative estimate of drug-likeness (QED) is 0.438. The minimum absolute atomic E-state index is 0.222. The van der Waals surface area contributed by atoms with Gasteiger partial charge in [0.15, 0.2) is 11.4 Å². The van der Waals surface area contributed by atoms with Crippen molar-refractivity contribution < 1.29 is 40.6 Å². The van der Waals surface area contributed by atoms with Crippen LogP contribution >= 0.6 is 15.9 Å². The highest BCUT2D eigenvalue weighted by atomic mass is 79.9. The second-order valence-corrected chi connectivity index (χ2v) is 4.30. The van der Waals surface area contributed by atoms with E-state index in [0.717, 1.165) is 0 Å². The molecule has 11 heteroatoms. The van der Waals surface area contributed by atoms with Crippen molar-refractivity contribution in [2.45, 2.75) is 24.8 Å². The average molecular weight is 396 g/mol. The van der Waals surface area contributed by atoms with Gasteiger partial charge in [0.1, 0.15) is 5.56 Å². The summed E-state index contributed by atoms with van der Waals surface area (Å²) < 4.78 is 83.5. The molecule has 0 unspecified atom stereocenters. The Labute approximate surface area is 128 Å². The molecule has 124 valence electrons. The Morgan fingerprint density at radius 2 is 1.86 bits per heavy atom. The number of carbonyl (C=O) groups excluding carboxylic acids is 1. The zero-order chi connectivity index (χ0) is 17.1. The first-order valence-corrected chi connectivity index (χ1v) is 6.71. The molecule has 0 amide bonds. The van der Waals surface area contributed by atoms with Crippen LogP contribution in [0.4, 0.5) is 26.3 Å². The molecule has 0 bridgehead atoms. The van der Waals surface area contributed by atoms with E-state index >= 15 is 0 Å². The van der Waals surface area contributed by atoms with Crippen LogP contribution < -0.4 is 4.74 Å². The maximum Gasteiger partial charge on any atom is 0.573 e. The third kappa shape index (κ3) is 4.49. The number of hydrogen-bond donors (Lipinski definition) is 0. The third-order valence-corrected chi connectivity index (χ3v) is 2.83. The number of nitrogens with zero attached hydrogens (tertiary/aromatic N) is 1. The predicted molar refractivity (Wildman–Crippen MR) is 64.5 cm³/mol. The molecule has 0 saturated heterocycles. The van der Waals surface area contributed by atoms with Crippen molar-refractivity contribution >= 4 is 21.9 Å². The maximum absolute atomic E-state index is 12.8. The van der Waals surface area contributed by atoms with E-state index in [9.17, 15) is 31.1 Å². The summed E-state index contributed by atoms with van der Waals surface area (Å²) in [5.41, 5.74) is -3.17. The topological polar surface area (TPSA) is 48.4 Å². The van der Waals surface area contributed by atoms with Crippen molar-refractivity contribution in [1.82, 2.24) is 4.98 Å². The van der Waals surface area contributed by atoms with Gasteiger partial charge in [0.2, 0.25) is 0 Å². The molecule has 0 aliphatic carbocycles. The molecule has 1 heterocycles. The Morgan fingerprint density at radius 1 is 1.27 bits per heavy atom. The van der Waals surface area contributed by atoms with E-state index < -0.39 is 35.5 Å². The lowest BCUT2D eigenvalue weighted by atomic mass is 10.1. The average Bonchev–Trinajstić information content (AvgIpc) is 2.34. The van der Waals surface area contributed by atoms with Gasteiger partial charge in [-0.25, -0.2) is 9.78 Å². The minimum atomic E-state index is -5.44. The van der Waals surface area contributed by atoms with Crippen molar-refractivity contribution in [1.29, 1.82) is 0 Å². The lowest BCUT2D eigenvalue weighted by molar-refractivity contribution is -0.276. The molecule has 1 aromatic rings. The maximum atomic E-state index is 12.8. The van der Waals surface area contributed by atoms with Crippen molar-refractivity contribution in [3.05, 3.63) is 23.0 Å². The number of hydrogen-bond acceptors (Lipinski definition) is 4. The first-order valence-electron chi connectivity index (χ1n) is 5.59. The molecule has 1 aromatic heterocycles. The molecular formula is C11H8BrF6NO3. The van der Waals surface area contributed by atoms with Crippen LogP contribution in [-0.2, 0) is 16.2 Å². The minimum Gasteiger partial charge on any atom is -0.462 e. The molecule has 0 aromatic carbocycles. The van der Waals surface area contributed by atoms with Gasteiger partial charge in [-0.1, -0.05) is 15.9 Å². The highest BCUT2D eigenvalue weighted by Gasteiger charge is 2.44. The van der Waals surface area contributed by atoms with E-state index in [1.54, 1.807) is 0 Å². The van der Waals surface area contributed by atoms with Crippen molar-refractivity contribution in [2.75, 3.05) is 6.61 Å². The molecule has 4 nitrogen and oxygen atoms in total. The Bertz CT molecular complexity index is 558. The molecule has 0 radical (unpaired) electrons. The first kappa shape index (κ1) is 18.5. The molecule has 22 heavy (non-hydrogen) atoms. The van der Waals surface area contributed by atoms with Gasteiger partial charge < -0.3 is 9.47 Å². The molecule has 0 aliphatic rings. The highest BCUT2D eigenvalue weighted by molar-refractivity contribution is 9.08. The number of rotatable bonds is 4. The molecule has 0 fully saturated rings.